The number of pyridine rings is 1. The fourth-order valence-corrected chi connectivity index (χ4v) is 3.57. The van der Waals surface area contributed by atoms with Gasteiger partial charge in [-0.1, -0.05) is 35.1 Å². The van der Waals surface area contributed by atoms with Gasteiger partial charge in [-0.2, -0.15) is 0 Å². The topological polar surface area (TPSA) is 54.9 Å². The van der Waals surface area contributed by atoms with Crippen molar-refractivity contribution in [3.8, 4) is 0 Å². The molecule has 1 N–H and O–H groups in total. The quantitative estimate of drug-likeness (QED) is 0.578. The number of aromatic nitrogens is 2. The largest absolute Gasteiger partial charge is 0.298 e. The molecule has 0 saturated carbocycles. The van der Waals surface area contributed by atoms with Crippen LogP contribution in [0, 0.1) is 13.8 Å². The number of para-hydroxylation sites is 1. The number of nitrogens with zero attached hydrogens (tertiary/aromatic N) is 2. The van der Waals surface area contributed by atoms with Gasteiger partial charge in [0.15, 0.2) is 5.13 Å². The maximum Gasteiger partial charge on any atom is 0.259 e. The van der Waals surface area contributed by atoms with Crippen molar-refractivity contribution in [1.82, 2.24) is 9.97 Å². The van der Waals surface area contributed by atoms with Crippen LogP contribution in [0.1, 0.15) is 21.6 Å². The van der Waals surface area contributed by atoms with Gasteiger partial charge in [-0.05, 0) is 44.2 Å². The first-order chi connectivity index (χ1) is 11.6. The van der Waals surface area contributed by atoms with Gasteiger partial charge in [-0.3, -0.25) is 15.1 Å². The normalized spacial score (nSPS) is 11.1. The number of anilines is 1. The van der Waals surface area contributed by atoms with Crippen LogP contribution in [0.4, 0.5) is 5.13 Å². The lowest BCUT2D eigenvalue weighted by atomic mass is 10.1. The monoisotopic (exact) mass is 333 g/mol. The van der Waals surface area contributed by atoms with Crippen molar-refractivity contribution < 1.29 is 4.79 Å². The summed E-state index contributed by atoms with van der Waals surface area (Å²) in [6.07, 6.45) is 0. The van der Waals surface area contributed by atoms with Crippen molar-refractivity contribution in [2.45, 2.75) is 13.8 Å². The highest BCUT2D eigenvalue weighted by Gasteiger charge is 2.14. The highest BCUT2D eigenvalue weighted by molar-refractivity contribution is 7.22. The predicted octanol–water partition coefficient (Wildman–Crippen LogP) is 4.71. The van der Waals surface area contributed by atoms with Gasteiger partial charge in [0.2, 0.25) is 0 Å². The molecule has 118 valence electrons. The molecule has 0 spiro atoms. The van der Waals surface area contributed by atoms with Gasteiger partial charge >= 0.3 is 0 Å². The number of rotatable bonds is 2. The standard InChI is InChI=1S/C19H15N3OS/c1-11-7-8-15-13(9-11)10-14(12(2)20-15)18(23)22-19-21-16-5-3-4-6-17(16)24-19/h3-10H,1-2H3,(H,21,22,23). The number of nitrogens with one attached hydrogen (secondary N) is 1. The number of amides is 1. The third-order valence-corrected chi connectivity index (χ3v) is 4.87. The number of thiazole rings is 1. The van der Waals surface area contributed by atoms with E-state index in [1.165, 1.54) is 11.3 Å². The van der Waals surface area contributed by atoms with Gasteiger partial charge in [-0.25, -0.2) is 4.98 Å². The van der Waals surface area contributed by atoms with Gasteiger partial charge < -0.3 is 0 Å². The lowest BCUT2D eigenvalue weighted by Gasteiger charge is -2.07. The smallest absolute Gasteiger partial charge is 0.259 e. The molecule has 2 aromatic carbocycles. The van der Waals surface area contributed by atoms with E-state index in [9.17, 15) is 4.79 Å². The molecule has 4 aromatic rings. The van der Waals surface area contributed by atoms with Crippen LogP contribution in [-0.2, 0) is 0 Å². The highest BCUT2D eigenvalue weighted by Crippen LogP contribution is 2.26. The van der Waals surface area contributed by atoms with Crippen LogP contribution in [0.5, 0.6) is 0 Å². The minimum absolute atomic E-state index is 0.178. The summed E-state index contributed by atoms with van der Waals surface area (Å²) < 4.78 is 1.05. The first kappa shape index (κ1) is 14.8. The Bertz CT molecular complexity index is 1050. The van der Waals surface area contributed by atoms with E-state index in [-0.39, 0.29) is 5.91 Å². The Kier molecular flexibility index (Phi) is 3.50. The van der Waals surface area contributed by atoms with E-state index in [1.807, 2.05) is 62.4 Å². The van der Waals surface area contributed by atoms with E-state index in [2.05, 4.69) is 15.3 Å². The number of carbonyl (C=O) groups excluding carboxylic acids is 1. The van der Waals surface area contributed by atoms with Gasteiger partial charge in [0.05, 0.1) is 27.0 Å². The van der Waals surface area contributed by atoms with E-state index in [4.69, 9.17) is 0 Å². The molecular weight excluding hydrogens is 318 g/mol. The van der Waals surface area contributed by atoms with Gasteiger partial charge in [0, 0.05) is 5.39 Å². The van der Waals surface area contributed by atoms with Crippen LogP contribution in [0.3, 0.4) is 0 Å². The fourth-order valence-electron chi connectivity index (χ4n) is 2.71. The third-order valence-electron chi connectivity index (χ3n) is 3.92. The number of fused-ring (bicyclic) bond motifs is 2. The second kappa shape index (κ2) is 5.69. The number of hydrogen-bond donors (Lipinski definition) is 1. The SMILES string of the molecule is Cc1ccc2nc(C)c(C(=O)Nc3nc4ccccc4s3)cc2c1. The predicted molar refractivity (Wildman–Crippen MR) is 98.8 cm³/mol. The number of benzene rings is 2. The molecule has 0 saturated heterocycles. The van der Waals surface area contributed by atoms with E-state index < -0.39 is 0 Å². The molecule has 24 heavy (non-hydrogen) atoms. The van der Waals surface area contributed by atoms with Crippen LogP contribution in [0.25, 0.3) is 21.1 Å². The summed E-state index contributed by atoms with van der Waals surface area (Å²) in [6, 6.07) is 15.8. The van der Waals surface area contributed by atoms with Gasteiger partial charge in [0.1, 0.15) is 0 Å². The van der Waals surface area contributed by atoms with E-state index in [0.717, 1.165) is 26.7 Å². The molecule has 0 aliphatic rings. The van der Waals surface area contributed by atoms with Crippen molar-refractivity contribution >= 4 is 43.5 Å². The van der Waals surface area contributed by atoms with Crippen LogP contribution in [0.2, 0.25) is 0 Å². The molecule has 0 atom stereocenters. The maximum absolute atomic E-state index is 12.7. The summed E-state index contributed by atoms with van der Waals surface area (Å²) >= 11 is 1.47. The second-order valence-corrected chi connectivity index (χ2v) is 6.79. The van der Waals surface area contributed by atoms with Crippen molar-refractivity contribution in [1.29, 1.82) is 0 Å². The molecular formula is C19H15N3OS. The van der Waals surface area contributed by atoms with Crippen molar-refractivity contribution in [2.75, 3.05) is 5.32 Å². The van der Waals surface area contributed by atoms with E-state index >= 15 is 0 Å². The van der Waals surface area contributed by atoms with Gasteiger partial charge in [0.25, 0.3) is 5.91 Å². The molecule has 2 heterocycles. The molecule has 0 aliphatic carbocycles. The fraction of sp³-hybridized carbons (Fsp3) is 0.105. The first-order valence-electron chi connectivity index (χ1n) is 7.65. The summed E-state index contributed by atoms with van der Waals surface area (Å²) in [5.41, 5.74) is 4.22. The summed E-state index contributed by atoms with van der Waals surface area (Å²) in [4.78, 5) is 21.7. The van der Waals surface area contributed by atoms with Crippen LogP contribution < -0.4 is 5.32 Å². The summed E-state index contributed by atoms with van der Waals surface area (Å²) in [5.74, 6) is -0.178. The average molecular weight is 333 g/mol. The Hall–Kier alpha value is -2.79. The van der Waals surface area contributed by atoms with Crippen LogP contribution >= 0.6 is 11.3 Å². The van der Waals surface area contributed by atoms with Crippen LogP contribution in [-0.4, -0.2) is 15.9 Å². The molecule has 2 aromatic heterocycles. The molecule has 0 fully saturated rings. The lowest BCUT2D eigenvalue weighted by molar-refractivity contribution is 0.102. The second-order valence-electron chi connectivity index (χ2n) is 5.76. The van der Waals surface area contributed by atoms with Gasteiger partial charge in [-0.15, -0.1) is 0 Å². The molecule has 0 bridgehead atoms. The number of carbonyl (C=O) groups is 1. The Morgan fingerprint density at radius 2 is 1.83 bits per heavy atom. The molecule has 5 heteroatoms. The molecule has 4 rings (SSSR count). The Labute approximate surface area is 143 Å². The van der Waals surface area contributed by atoms with E-state index in [1.54, 1.807) is 0 Å². The Morgan fingerprint density at radius 1 is 1.00 bits per heavy atom. The first-order valence-corrected chi connectivity index (χ1v) is 8.47. The summed E-state index contributed by atoms with van der Waals surface area (Å²) in [5, 5.41) is 4.47. The summed E-state index contributed by atoms with van der Waals surface area (Å²) in [7, 11) is 0. The molecule has 0 aliphatic heterocycles. The van der Waals surface area contributed by atoms with Crippen molar-refractivity contribution in [3.63, 3.8) is 0 Å². The maximum atomic E-state index is 12.7. The Balaban J connectivity index is 1.70. The molecule has 0 unspecified atom stereocenters. The minimum Gasteiger partial charge on any atom is -0.298 e. The molecule has 0 radical (unpaired) electrons. The average Bonchev–Trinajstić information content (AvgIpc) is 2.96. The minimum atomic E-state index is -0.178. The number of hydrogen-bond acceptors (Lipinski definition) is 4. The summed E-state index contributed by atoms with van der Waals surface area (Å²) in [6.45, 7) is 3.88. The molecule has 4 nitrogen and oxygen atoms in total. The van der Waals surface area contributed by atoms with Crippen LogP contribution in [0.15, 0.2) is 48.5 Å². The van der Waals surface area contributed by atoms with E-state index in [0.29, 0.717) is 16.4 Å². The van der Waals surface area contributed by atoms with Crippen molar-refractivity contribution in [3.05, 3.63) is 65.4 Å². The lowest BCUT2D eigenvalue weighted by Crippen LogP contribution is -2.14. The third kappa shape index (κ3) is 2.63. The zero-order valence-corrected chi connectivity index (χ0v) is 14.1. The molecule has 1 amide bonds. The zero-order chi connectivity index (χ0) is 16.7. The highest BCUT2D eigenvalue weighted by atomic mass is 32.1. The Morgan fingerprint density at radius 3 is 2.67 bits per heavy atom. The number of aryl methyl sites for hydroxylation is 2. The van der Waals surface area contributed by atoms with Crippen molar-refractivity contribution in [2.24, 2.45) is 0 Å². The zero-order valence-electron chi connectivity index (χ0n) is 13.3.